The predicted octanol–water partition coefficient (Wildman–Crippen LogP) is 7.60. The summed E-state index contributed by atoms with van der Waals surface area (Å²) in [5, 5.41) is 26.2. The lowest BCUT2D eigenvalue weighted by atomic mass is 9.84. The zero-order chi connectivity index (χ0) is 30.8. The minimum absolute atomic E-state index is 0.619. The highest BCUT2D eigenvalue weighted by Gasteiger charge is 2.44. The van der Waals surface area contributed by atoms with E-state index in [-0.39, 0.29) is 0 Å². The Morgan fingerprint density at radius 2 is 0.850 bits per heavy atom. The number of carboxylic acid groups (broad SMARTS) is 3. The van der Waals surface area contributed by atoms with Gasteiger partial charge in [0.2, 0.25) is 0 Å². The van der Waals surface area contributed by atoms with Crippen LogP contribution in [0, 0.1) is 0 Å². The molecule has 3 aromatic rings. The Morgan fingerprint density at radius 1 is 0.600 bits per heavy atom. The summed E-state index contributed by atoms with van der Waals surface area (Å²) in [6.07, 6.45) is 0. The van der Waals surface area contributed by atoms with Gasteiger partial charge in [-0.15, -0.1) is 11.8 Å². The molecule has 3 aromatic carbocycles. The monoisotopic (exact) mass is 648 g/mol. The van der Waals surface area contributed by atoms with Gasteiger partial charge in [0.1, 0.15) is 13.8 Å². The zero-order valence-electron chi connectivity index (χ0n) is 23.5. The Kier molecular flexibility index (Phi) is 13.0. The molecule has 0 aliphatic rings. The molecule has 0 unspecified atom stereocenters. The highest BCUT2D eigenvalue weighted by molar-refractivity contribution is 9.10. The molecule has 0 saturated heterocycles. The molecular formula is C31H37BrO6S2. The van der Waals surface area contributed by atoms with Gasteiger partial charge < -0.3 is 15.3 Å². The van der Waals surface area contributed by atoms with Gasteiger partial charge in [-0.1, -0.05) is 107 Å². The van der Waals surface area contributed by atoms with Crippen LogP contribution in [0.3, 0.4) is 0 Å². The lowest BCUT2D eigenvalue weighted by Gasteiger charge is -2.39. The molecule has 0 aliphatic heterocycles. The molecular weight excluding hydrogens is 612 g/mol. The molecule has 3 rings (SSSR count). The van der Waals surface area contributed by atoms with E-state index in [2.05, 4.69) is 65.0 Å². The second-order valence-electron chi connectivity index (χ2n) is 10.3. The minimum Gasteiger partial charge on any atom is -0.480 e. The molecule has 216 valence electrons. The summed E-state index contributed by atoms with van der Waals surface area (Å²) in [5.41, 5.74) is 3.20. The number of carboxylic acids is 3. The maximum atomic E-state index is 12.0. The van der Waals surface area contributed by atoms with Gasteiger partial charge in [0.25, 0.3) is 0 Å². The van der Waals surface area contributed by atoms with Gasteiger partial charge in [-0.2, -0.15) is 12.6 Å². The molecule has 0 atom stereocenters. The summed E-state index contributed by atoms with van der Waals surface area (Å²) in [7, 11) is 0. The number of aliphatic carboxylic acids is 3. The van der Waals surface area contributed by atoms with E-state index in [0.717, 1.165) is 16.7 Å². The number of hydrogen-bond acceptors (Lipinski definition) is 5. The van der Waals surface area contributed by atoms with Crippen molar-refractivity contribution in [3.05, 3.63) is 108 Å². The standard InChI is InChI=1S/C23H22O2S.C4H7BrO2.C4H8O2S/c1-22(2,21(24)25)26-23(18-12-6-3-7-13-18,19-14-8-4-9-15-19)20-16-10-5-11-17-20;1-4(2,5)3(6)7;1-4(2,7)3(5)6/h3-17H,1-2H3,(H,24,25);1-2H3,(H,6,7);7H,1-2H3,(H,5,6). The SMILES string of the molecule is CC(C)(Br)C(=O)O.CC(C)(S)C(=O)O.CC(C)(SC(c1ccccc1)(c1ccccc1)c1ccccc1)C(=O)O. The lowest BCUT2D eigenvalue weighted by molar-refractivity contribution is -0.139. The molecule has 0 spiro atoms. The van der Waals surface area contributed by atoms with Crippen LogP contribution in [0.2, 0.25) is 0 Å². The number of halogens is 1. The van der Waals surface area contributed by atoms with Crippen LogP contribution in [-0.4, -0.2) is 47.0 Å². The van der Waals surface area contributed by atoms with Crippen LogP contribution in [0.1, 0.15) is 58.2 Å². The van der Waals surface area contributed by atoms with Crippen LogP contribution >= 0.6 is 40.3 Å². The van der Waals surface area contributed by atoms with Crippen molar-refractivity contribution in [1.29, 1.82) is 0 Å². The summed E-state index contributed by atoms with van der Waals surface area (Å²) in [6, 6.07) is 30.4. The van der Waals surface area contributed by atoms with E-state index in [1.54, 1.807) is 27.7 Å². The molecule has 6 nitrogen and oxygen atoms in total. The number of rotatable bonds is 8. The molecule has 0 fully saturated rings. The second-order valence-corrected chi connectivity index (χ2v) is 15.3. The molecule has 0 amide bonds. The van der Waals surface area contributed by atoms with Crippen molar-refractivity contribution >= 4 is 58.2 Å². The molecule has 0 radical (unpaired) electrons. The summed E-state index contributed by atoms with van der Waals surface area (Å²) in [4.78, 5) is 31.9. The first-order chi connectivity index (χ1) is 18.4. The first kappa shape index (κ1) is 35.3. The summed E-state index contributed by atoms with van der Waals surface area (Å²) < 4.78 is -3.25. The maximum absolute atomic E-state index is 12.0. The van der Waals surface area contributed by atoms with Crippen LogP contribution in [0.5, 0.6) is 0 Å². The van der Waals surface area contributed by atoms with Crippen molar-refractivity contribution in [1.82, 2.24) is 0 Å². The zero-order valence-corrected chi connectivity index (χ0v) is 26.8. The Labute approximate surface area is 254 Å². The minimum atomic E-state index is -0.971. The predicted molar refractivity (Wildman–Crippen MR) is 170 cm³/mol. The topological polar surface area (TPSA) is 112 Å². The Bertz CT molecular complexity index is 1110. The first-order valence-electron chi connectivity index (χ1n) is 12.3. The fourth-order valence-corrected chi connectivity index (χ4v) is 4.74. The van der Waals surface area contributed by atoms with Crippen molar-refractivity contribution in [3.63, 3.8) is 0 Å². The highest BCUT2D eigenvalue weighted by Crippen LogP contribution is 2.53. The largest absolute Gasteiger partial charge is 0.480 e. The van der Waals surface area contributed by atoms with E-state index in [9.17, 15) is 19.5 Å². The van der Waals surface area contributed by atoms with Crippen LogP contribution in [0.15, 0.2) is 91.0 Å². The molecule has 3 N–H and O–H groups in total. The molecule has 0 saturated carbocycles. The van der Waals surface area contributed by atoms with E-state index < -0.39 is 36.5 Å². The van der Waals surface area contributed by atoms with Crippen molar-refractivity contribution < 1.29 is 29.7 Å². The van der Waals surface area contributed by atoms with Crippen molar-refractivity contribution in [2.45, 2.75) is 60.1 Å². The third-order valence-electron chi connectivity index (χ3n) is 5.50. The Hall–Kier alpha value is -2.75. The van der Waals surface area contributed by atoms with Crippen molar-refractivity contribution in [2.75, 3.05) is 0 Å². The van der Waals surface area contributed by atoms with Gasteiger partial charge >= 0.3 is 17.9 Å². The number of thiol groups is 1. The first-order valence-corrected chi connectivity index (χ1v) is 14.4. The average molecular weight is 650 g/mol. The molecule has 0 heterocycles. The number of hydrogen-bond donors (Lipinski definition) is 4. The van der Waals surface area contributed by atoms with Gasteiger partial charge in [0.15, 0.2) is 0 Å². The smallest absolute Gasteiger partial charge is 0.319 e. The van der Waals surface area contributed by atoms with Crippen LogP contribution in [-0.2, 0) is 19.1 Å². The number of carbonyl (C=O) groups is 3. The molecule has 0 bridgehead atoms. The van der Waals surface area contributed by atoms with Crippen LogP contribution < -0.4 is 0 Å². The highest BCUT2D eigenvalue weighted by atomic mass is 79.9. The van der Waals surface area contributed by atoms with Gasteiger partial charge in [-0.25, -0.2) is 0 Å². The number of thioether (sulfide) groups is 1. The summed E-state index contributed by atoms with van der Waals surface area (Å²) in [6.45, 7) is 9.74. The molecule has 9 heteroatoms. The normalized spacial score (nSPS) is 11.7. The molecule has 0 aliphatic carbocycles. The summed E-state index contributed by atoms with van der Waals surface area (Å²) >= 11 is 8.16. The fourth-order valence-electron chi connectivity index (χ4n) is 3.12. The van der Waals surface area contributed by atoms with Crippen molar-refractivity contribution in [3.8, 4) is 0 Å². The van der Waals surface area contributed by atoms with E-state index in [4.69, 9.17) is 10.2 Å². The van der Waals surface area contributed by atoms with E-state index in [0.29, 0.717) is 0 Å². The van der Waals surface area contributed by atoms with Gasteiger partial charge in [-0.05, 0) is 58.2 Å². The van der Waals surface area contributed by atoms with Crippen molar-refractivity contribution in [2.24, 2.45) is 0 Å². The second kappa shape index (κ2) is 14.8. The third kappa shape index (κ3) is 10.3. The lowest BCUT2D eigenvalue weighted by Crippen LogP contribution is -2.37. The molecule has 0 aromatic heterocycles. The van der Waals surface area contributed by atoms with E-state index in [1.807, 2.05) is 54.6 Å². The van der Waals surface area contributed by atoms with E-state index >= 15 is 0 Å². The quantitative estimate of drug-likeness (QED) is 0.113. The Balaban J connectivity index is 0.000000473. The number of alkyl halides is 1. The number of benzene rings is 3. The van der Waals surface area contributed by atoms with Gasteiger partial charge in [0, 0.05) is 0 Å². The average Bonchev–Trinajstić information content (AvgIpc) is 2.88. The Morgan fingerprint density at radius 3 is 1.02 bits per heavy atom. The van der Waals surface area contributed by atoms with E-state index in [1.165, 1.54) is 25.6 Å². The van der Waals surface area contributed by atoms with Crippen LogP contribution in [0.25, 0.3) is 0 Å². The fraction of sp³-hybridized carbons (Fsp3) is 0.323. The summed E-state index contributed by atoms with van der Waals surface area (Å²) in [5.74, 6) is -2.56. The van der Waals surface area contributed by atoms with Gasteiger partial charge in [-0.3, -0.25) is 14.4 Å². The van der Waals surface area contributed by atoms with Crippen LogP contribution in [0.4, 0.5) is 0 Å². The van der Waals surface area contributed by atoms with Gasteiger partial charge in [0.05, 0.1) is 4.75 Å². The maximum Gasteiger partial charge on any atom is 0.319 e. The third-order valence-corrected chi connectivity index (χ3v) is 7.72. The molecule has 40 heavy (non-hydrogen) atoms.